The van der Waals surface area contributed by atoms with E-state index in [0.717, 1.165) is 41.9 Å². The molecule has 0 radical (unpaired) electrons. The predicted octanol–water partition coefficient (Wildman–Crippen LogP) is 5.19. The Balaban J connectivity index is 1.31. The zero-order chi connectivity index (χ0) is 27.5. The lowest BCUT2D eigenvalue weighted by molar-refractivity contribution is -0.115. The Morgan fingerprint density at radius 2 is 1.97 bits per heavy atom. The van der Waals surface area contributed by atoms with E-state index in [4.69, 9.17) is 4.98 Å². The lowest BCUT2D eigenvalue weighted by Crippen LogP contribution is -2.27. The SMILES string of the molecule is Cc1nnc(NS(=O)(=O)c2ccc(NC(=O)CCSc3nc4c(cc3C#N)CC(C(C)(C)C)CC4)cc2)s1. The van der Waals surface area contributed by atoms with Gasteiger partial charge in [0, 0.05) is 23.6 Å². The molecule has 1 aromatic carbocycles. The maximum absolute atomic E-state index is 12.5. The Hall–Kier alpha value is -3.01. The quantitative estimate of drug-likeness (QED) is 0.353. The fraction of sp³-hybridized carbons (Fsp3) is 0.423. The molecule has 0 bridgehead atoms. The van der Waals surface area contributed by atoms with Crippen LogP contribution in [0.2, 0.25) is 0 Å². The summed E-state index contributed by atoms with van der Waals surface area (Å²) in [5.74, 6) is 0.824. The molecular weight excluding hydrogens is 541 g/mol. The number of nitriles is 1. The molecule has 2 aromatic heterocycles. The van der Waals surface area contributed by atoms with E-state index in [1.165, 1.54) is 36.0 Å². The van der Waals surface area contributed by atoms with Crippen LogP contribution in [-0.4, -0.2) is 35.3 Å². The molecule has 0 fully saturated rings. The molecule has 4 rings (SSSR count). The van der Waals surface area contributed by atoms with Gasteiger partial charge in [-0.25, -0.2) is 13.4 Å². The van der Waals surface area contributed by atoms with Crippen LogP contribution in [0.25, 0.3) is 0 Å². The van der Waals surface area contributed by atoms with Gasteiger partial charge in [-0.3, -0.25) is 9.52 Å². The third-order valence-corrected chi connectivity index (χ3v) is 9.69. The molecule has 200 valence electrons. The number of nitrogens with zero attached hydrogens (tertiary/aromatic N) is 4. The number of rotatable bonds is 8. The summed E-state index contributed by atoms with van der Waals surface area (Å²) in [6.07, 6.45) is 3.14. The molecule has 1 aliphatic carbocycles. The monoisotopic (exact) mass is 570 g/mol. The third kappa shape index (κ3) is 6.89. The Labute approximate surface area is 231 Å². The number of hydrogen-bond donors (Lipinski definition) is 2. The molecule has 0 saturated carbocycles. The highest BCUT2D eigenvalue weighted by molar-refractivity contribution is 7.99. The maximum Gasteiger partial charge on any atom is 0.263 e. The summed E-state index contributed by atoms with van der Waals surface area (Å²) in [6.45, 7) is 8.51. The van der Waals surface area contributed by atoms with Crippen LogP contribution in [0.1, 0.15) is 55.4 Å². The van der Waals surface area contributed by atoms with Gasteiger partial charge in [-0.2, -0.15) is 5.26 Å². The van der Waals surface area contributed by atoms with Gasteiger partial charge in [-0.05, 0) is 73.4 Å². The van der Waals surface area contributed by atoms with Crippen LogP contribution in [0.15, 0.2) is 40.3 Å². The van der Waals surface area contributed by atoms with E-state index in [1.54, 1.807) is 6.92 Å². The first kappa shape index (κ1) is 28.0. The van der Waals surface area contributed by atoms with Crippen molar-refractivity contribution in [1.82, 2.24) is 15.2 Å². The van der Waals surface area contributed by atoms with Gasteiger partial charge in [0.15, 0.2) is 0 Å². The van der Waals surface area contributed by atoms with Crippen molar-refractivity contribution in [1.29, 1.82) is 5.26 Å². The van der Waals surface area contributed by atoms with Crippen LogP contribution in [0.5, 0.6) is 0 Å². The molecule has 0 aliphatic heterocycles. The summed E-state index contributed by atoms with van der Waals surface area (Å²) < 4.78 is 27.5. The van der Waals surface area contributed by atoms with Crippen LogP contribution in [0.3, 0.4) is 0 Å². The van der Waals surface area contributed by atoms with E-state index in [-0.39, 0.29) is 27.8 Å². The average Bonchev–Trinajstić information content (AvgIpc) is 3.26. The van der Waals surface area contributed by atoms with Crippen LogP contribution in [-0.2, 0) is 27.7 Å². The van der Waals surface area contributed by atoms with E-state index in [9.17, 15) is 18.5 Å². The lowest BCUT2D eigenvalue weighted by atomic mass is 9.71. The minimum atomic E-state index is -3.81. The van der Waals surface area contributed by atoms with Gasteiger partial charge in [0.1, 0.15) is 16.1 Å². The second-order valence-corrected chi connectivity index (χ2v) is 14.2. The van der Waals surface area contributed by atoms with Gasteiger partial charge in [0.25, 0.3) is 10.0 Å². The molecule has 3 aromatic rings. The van der Waals surface area contributed by atoms with Crippen molar-refractivity contribution in [2.24, 2.45) is 11.3 Å². The lowest BCUT2D eigenvalue weighted by Gasteiger charge is -2.34. The molecule has 2 heterocycles. The highest BCUT2D eigenvalue weighted by Gasteiger charge is 2.30. The number of nitrogens with one attached hydrogen (secondary N) is 2. The van der Waals surface area contributed by atoms with Gasteiger partial charge < -0.3 is 5.32 Å². The molecule has 0 saturated heterocycles. The van der Waals surface area contributed by atoms with E-state index in [2.05, 4.69) is 47.1 Å². The van der Waals surface area contributed by atoms with E-state index in [0.29, 0.717) is 33.0 Å². The Morgan fingerprint density at radius 3 is 2.61 bits per heavy atom. The number of aryl methyl sites for hydroxylation is 2. The summed E-state index contributed by atoms with van der Waals surface area (Å²) in [4.78, 5) is 17.3. The first-order chi connectivity index (χ1) is 17.9. The van der Waals surface area contributed by atoms with E-state index < -0.39 is 10.0 Å². The summed E-state index contributed by atoms with van der Waals surface area (Å²) in [5, 5.41) is 21.5. The normalized spacial score (nSPS) is 15.4. The summed E-state index contributed by atoms with van der Waals surface area (Å²) in [5.41, 5.74) is 3.48. The molecule has 1 unspecified atom stereocenters. The molecular formula is C26H30N6O3S3. The van der Waals surface area contributed by atoms with E-state index >= 15 is 0 Å². The molecule has 1 amide bonds. The van der Waals surface area contributed by atoms with Crippen LogP contribution in [0, 0.1) is 29.6 Å². The largest absolute Gasteiger partial charge is 0.326 e. The molecule has 1 aliphatic rings. The van der Waals surface area contributed by atoms with Gasteiger partial charge in [0.05, 0.1) is 10.5 Å². The standard InChI is InChI=1S/C26H30N6O3S3/c1-16-30-31-25(37-16)32-38(34,35)21-8-6-20(7-9-21)28-23(33)11-12-36-24-18(15-27)13-17-14-19(26(2,3)4)5-10-22(17)29-24/h6-9,13,19H,5,10-12,14H2,1-4H3,(H,28,33)(H,31,32). The summed E-state index contributed by atoms with van der Waals surface area (Å²) >= 11 is 2.55. The highest BCUT2D eigenvalue weighted by Crippen LogP contribution is 2.38. The van der Waals surface area contributed by atoms with Crippen LogP contribution in [0.4, 0.5) is 10.8 Å². The summed E-state index contributed by atoms with van der Waals surface area (Å²) in [6, 6.07) is 10.1. The van der Waals surface area contributed by atoms with Gasteiger partial charge in [-0.15, -0.1) is 22.0 Å². The fourth-order valence-electron chi connectivity index (χ4n) is 4.27. The fourth-order valence-corrected chi connectivity index (χ4v) is 7.01. The molecule has 38 heavy (non-hydrogen) atoms. The number of sulfonamides is 1. The predicted molar refractivity (Wildman–Crippen MR) is 150 cm³/mol. The first-order valence-electron chi connectivity index (χ1n) is 12.2. The second kappa shape index (κ2) is 11.4. The zero-order valence-electron chi connectivity index (χ0n) is 21.7. The molecule has 2 N–H and O–H groups in total. The van der Waals surface area contributed by atoms with Gasteiger partial charge in [0.2, 0.25) is 11.0 Å². The number of carbonyl (C=O) groups excluding carboxylic acids is 1. The van der Waals surface area contributed by atoms with Crippen molar-refractivity contribution in [3.05, 3.63) is 52.2 Å². The zero-order valence-corrected chi connectivity index (χ0v) is 24.2. The molecule has 0 spiro atoms. The number of anilines is 2. The van der Waals surface area contributed by atoms with Crippen molar-refractivity contribution in [3.63, 3.8) is 0 Å². The number of aromatic nitrogens is 3. The number of hydrogen-bond acceptors (Lipinski definition) is 9. The Morgan fingerprint density at radius 1 is 1.24 bits per heavy atom. The van der Waals surface area contributed by atoms with Crippen molar-refractivity contribution in [2.75, 3.05) is 15.8 Å². The number of thioether (sulfide) groups is 1. The maximum atomic E-state index is 12.5. The number of amides is 1. The topological polar surface area (TPSA) is 138 Å². The van der Waals surface area contributed by atoms with Crippen LogP contribution < -0.4 is 10.0 Å². The number of pyridine rings is 1. The number of benzene rings is 1. The minimum Gasteiger partial charge on any atom is -0.326 e. The Kier molecular flexibility index (Phi) is 8.40. The number of carbonyl (C=O) groups is 1. The molecule has 12 heteroatoms. The van der Waals surface area contributed by atoms with Gasteiger partial charge in [-0.1, -0.05) is 32.1 Å². The molecule has 1 atom stereocenters. The third-order valence-electron chi connectivity index (χ3n) is 6.46. The highest BCUT2D eigenvalue weighted by atomic mass is 32.2. The average molecular weight is 571 g/mol. The smallest absolute Gasteiger partial charge is 0.263 e. The van der Waals surface area contributed by atoms with E-state index in [1.807, 2.05) is 6.07 Å². The molecule has 9 nitrogen and oxygen atoms in total. The van der Waals surface area contributed by atoms with Crippen molar-refractivity contribution in [3.8, 4) is 6.07 Å². The van der Waals surface area contributed by atoms with Crippen LogP contribution >= 0.6 is 23.1 Å². The minimum absolute atomic E-state index is 0.0512. The van der Waals surface area contributed by atoms with Crippen molar-refractivity contribution < 1.29 is 13.2 Å². The summed E-state index contributed by atoms with van der Waals surface area (Å²) in [7, 11) is -3.81. The second-order valence-electron chi connectivity index (χ2n) is 10.3. The van der Waals surface area contributed by atoms with Gasteiger partial charge >= 0.3 is 0 Å². The van der Waals surface area contributed by atoms with Crippen molar-refractivity contribution >= 4 is 49.8 Å². The van der Waals surface area contributed by atoms with Crippen molar-refractivity contribution in [2.45, 2.75) is 63.3 Å². The first-order valence-corrected chi connectivity index (χ1v) is 15.5. The Bertz CT molecular complexity index is 1470. The number of fused-ring (bicyclic) bond motifs is 1.